The standard InChI is InChI=1S/C21H28N2O4S/c1-15-6-11-18(28(25,26)23-21(2,3)4)14-19(15)20(24)22-13-12-16-7-9-17(27-5)10-8-16/h6-11,14,23H,12-13H2,1-5H3,(H,22,24). The molecule has 7 heteroatoms. The number of carbonyl (C=O) groups excluding carboxylic acids is 1. The molecule has 0 radical (unpaired) electrons. The Bertz CT molecular complexity index is 930. The lowest BCUT2D eigenvalue weighted by atomic mass is 10.1. The number of sulfonamides is 1. The second kappa shape index (κ2) is 8.75. The lowest BCUT2D eigenvalue weighted by molar-refractivity contribution is 0.0953. The van der Waals surface area contributed by atoms with Crippen LogP contribution in [0, 0.1) is 6.92 Å². The van der Waals surface area contributed by atoms with Crippen molar-refractivity contribution in [2.45, 2.75) is 44.6 Å². The number of hydrogen-bond acceptors (Lipinski definition) is 4. The Balaban J connectivity index is 2.08. The number of ether oxygens (including phenoxy) is 1. The normalized spacial score (nSPS) is 11.9. The highest BCUT2D eigenvalue weighted by molar-refractivity contribution is 7.89. The maximum absolute atomic E-state index is 12.6. The quantitative estimate of drug-likeness (QED) is 0.743. The minimum absolute atomic E-state index is 0.0772. The van der Waals surface area contributed by atoms with Gasteiger partial charge in [-0.25, -0.2) is 13.1 Å². The van der Waals surface area contributed by atoms with Gasteiger partial charge in [0.2, 0.25) is 10.0 Å². The van der Waals surface area contributed by atoms with Gasteiger partial charge in [-0.2, -0.15) is 0 Å². The average Bonchev–Trinajstić information content (AvgIpc) is 2.60. The van der Waals surface area contributed by atoms with Crippen molar-refractivity contribution >= 4 is 15.9 Å². The molecule has 0 aliphatic carbocycles. The van der Waals surface area contributed by atoms with Crippen LogP contribution in [0.4, 0.5) is 0 Å². The minimum atomic E-state index is -3.70. The van der Waals surface area contributed by atoms with Crippen LogP contribution in [-0.2, 0) is 16.4 Å². The molecule has 6 nitrogen and oxygen atoms in total. The van der Waals surface area contributed by atoms with E-state index in [-0.39, 0.29) is 10.8 Å². The van der Waals surface area contributed by atoms with Crippen LogP contribution in [-0.4, -0.2) is 33.5 Å². The van der Waals surface area contributed by atoms with Gasteiger partial charge >= 0.3 is 0 Å². The van der Waals surface area contributed by atoms with Crippen LogP contribution in [0.5, 0.6) is 5.75 Å². The first-order chi connectivity index (χ1) is 13.0. The fraction of sp³-hybridized carbons (Fsp3) is 0.381. The van der Waals surface area contributed by atoms with Gasteiger partial charge < -0.3 is 10.1 Å². The molecule has 2 aromatic carbocycles. The number of aryl methyl sites for hydroxylation is 1. The van der Waals surface area contributed by atoms with E-state index >= 15 is 0 Å². The van der Waals surface area contributed by atoms with Crippen LogP contribution in [0.2, 0.25) is 0 Å². The summed E-state index contributed by atoms with van der Waals surface area (Å²) in [5.41, 5.74) is 1.54. The van der Waals surface area contributed by atoms with Crippen LogP contribution >= 0.6 is 0 Å². The van der Waals surface area contributed by atoms with E-state index in [2.05, 4.69) is 10.0 Å². The summed E-state index contributed by atoms with van der Waals surface area (Å²) in [5, 5.41) is 2.86. The third kappa shape index (κ3) is 6.07. The van der Waals surface area contributed by atoms with Crippen molar-refractivity contribution in [1.29, 1.82) is 0 Å². The summed E-state index contributed by atoms with van der Waals surface area (Å²) in [6.07, 6.45) is 0.665. The molecule has 1 amide bonds. The molecule has 0 atom stereocenters. The van der Waals surface area contributed by atoms with Crippen molar-refractivity contribution in [2.75, 3.05) is 13.7 Å². The van der Waals surface area contributed by atoms with Gasteiger partial charge in [-0.3, -0.25) is 4.79 Å². The van der Waals surface area contributed by atoms with E-state index in [0.29, 0.717) is 18.5 Å². The molecule has 28 heavy (non-hydrogen) atoms. The number of amides is 1. The number of rotatable bonds is 7. The van der Waals surface area contributed by atoms with Crippen LogP contribution in [0.1, 0.15) is 42.3 Å². The molecular formula is C21H28N2O4S. The third-order valence-corrected chi connectivity index (χ3v) is 5.82. The van der Waals surface area contributed by atoms with Crippen molar-refractivity contribution in [1.82, 2.24) is 10.0 Å². The highest BCUT2D eigenvalue weighted by Gasteiger charge is 2.23. The first kappa shape index (κ1) is 21.9. The van der Waals surface area contributed by atoms with E-state index in [9.17, 15) is 13.2 Å². The topological polar surface area (TPSA) is 84.5 Å². The number of carbonyl (C=O) groups is 1. The SMILES string of the molecule is COc1ccc(CCNC(=O)c2cc(S(=O)(=O)NC(C)(C)C)ccc2C)cc1. The number of nitrogens with one attached hydrogen (secondary N) is 2. The number of methoxy groups -OCH3 is 1. The molecule has 0 aromatic heterocycles. The van der Waals surface area contributed by atoms with E-state index < -0.39 is 15.6 Å². The fourth-order valence-corrected chi connectivity index (χ4v) is 4.13. The van der Waals surface area contributed by atoms with Gasteiger partial charge in [0.15, 0.2) is 0 Å². The maximum Gasteiger partial charge on any atom is 0.251 e. The molecule has 152 valence electrons. The van der Waals surface area contributed by atoms with E-state index in [1.807, 2.05) is 24.3 Å². The number of benzene rings is 2. The van der Waals surface area contributed by atoms with E-state index in [1.54, 1.807) is 40.9 Å². The van der Waals surface area contributed by atoms with Crippen molar-refractivity contribution in [2.24, 2.45) is 0 Å². The molecule has 0 heterocycles. The van der Waals surface area contributed by atoms with Crippen LogP contribution in [0.3, 0.4) is 0 Å². The largest absolute Gasteiger partial charge is 0.497 e. The van der Waals surface area contributed by atoms with E-state index in [0.717, 1.165) is 16.9 Å². The van der Waals surface area contributed by atoms with Gasteiger partial charge in [-0.15, -0.1) is 0 Å². The summed E-state index contributed by atoms with van der Waals surface area (Å²) in [6.45, 7) is 7.54. The third-order valence-electron chi connectivity index (χ3n) is 4.06. The van der Waals surface area contributed by atoms with Crippen LogP contribution < -0.4 is 14.8 Å². The van der Waals surface area contributed by atoms with Gasteiger partial charge in [-0.1, -0.05) is 18.2 Å². The Labute approximate surface area is 167 Å². The highest BCUT2D eigenvalue weighted by Crippen LogP contribution is 2.18. The van der Waals surface area contributed by atoms with Crippen LogP contribution in [0.15, 0.2) is 47.4 Å². The second-order valence-corrected chi connectivity index (χ2v) is 9.37. The molecule has 0 aliphatic heterocycles. The van der Waals surface area contributed by atoms with Gasteiger partial charge in [0.1, 0.15) is 5.75 Å². The molecule has 0 fully saturated rings. The lowest BCUT2D eigenvalue weighted by Gasteiger charge is -2.20. The molecule has 2 aromatic rings. The van der Waals surface area contributed by atoms with E-state index in [4.69, 9.17) is 4.74 Å². The first-order valence-electron chi connectivity index (χ1n) is 9.07. The maximum atomic E-state index is 12.6. The van der Waals surface area contributed by atoms with Gasteiger partial charge in [0.25, 0.3) is 5.91 Å². The fourth-order valence-electron chi connectivity index (χ4n) is 2.68. The minimum Gasteiger partial charge on any atom is -0.497 e. The summed E-state index contributed by atoms with van der Waals surface area (Å²) in [4.78, 5) is 12.7. The second-order valence-electron chi connectivity index (χ2n) is 7.69. The zero-order valence-corrected chi connectivity index (χ0v) is 17.8. The van der Waals surface area contributed by atoms with Crippen molar-refractivity contribution in [3.8, 4) is 5.75 Å². The molecule has 2 rings (SSSR count). The zero-order chi connectivity index (χ0) is 20.9. The molecule has 0 saturated heterocycles. The zero-order valence-electron chi connectivity index (χ0n) is 17.0. The molecule has 0 saturated carbocycles. The summed E-state index contributed by atoms with van der Waals surface area (Å²) in [7, 11) is -2.09. The molecule has 0 unspecified atom stereocenters. The molecule has 0 spiro atoms. The Morgan fingerprint density at radius 1 is 1.07 bits per heavy atom. The highest BCUT2D eigenvalue weighted by atomic mass is 32.2. The molecule has 2 N–H and O–H groups in total. The molecule has 0 aliphatic rings. The van der Waals surface area contributed by atoms with Gasteiger partial charge in [0.05, 0.1) is 12.0 Å². The molecule has 0 bridgehead atoms. The first-order valence-corrected chi connectivity index (χ1v) is 10.6. The summed E-state index contributed by atoms with van der Waals surface area (Å²) < 4.78 is 32.8. The Kier molecular flexibility index (Phi) is 6.85. The van der Waals surface area contributed by atoms with Crippen molar-refractivity contribution in [3.05, 3.63) is 59.2 Å². The van der Waals surface area contributed by atoms with Gasteiger partial charge in [0, 0.05) is 17.6 Å². The van der Waals surface area contributed by atoms with Crippen molar-refractivity contribution < 1.29 is 17.9 Å². The average molecular weight is 405 g/mol. The van der Waals surface area contributed by atoms with E-state index in [1.165, 1.54) is 12.1 Å². The van der Waals surface area contributed by atoms with Crippen LogP contribution in [0.25, 0.3) is 0 Å². The summed E-state index contributed by atoms with van der Waals surface area (Å²) in [5.74, 6) is 0.490. The van der Waals surface area contributed by atoms with Gasteiger partial charge in [-0.05, 0) is 69.5 Å². The smallest absolute Gasteiger partial charge is 0.251 e. The monoisotopic (exact) mass is 404 g/mol. The summed E-state index contributed by atoms with van der Waals surface area (Å²) >= 11 is 0. The summed E-state index contributed by atoms with van der Waals surface area (Å²) in [6, 6.07) is 12.2. The number of hydrogen-bond donors (Lipinski definition) is 2. The van der Waals surface area contributed by atoms with Crippen molar-refractivity contribution in [3.63, 3.8) is 0 Å². The Morgan fingerprint density at radius 3 is 2.29 bits per heavy atom. The predicted molar refractivity (Wildman–Crippen MR) is 110 cm³/mol. The molecular weight excluding hydrogens is 376 g/mol. The predicted octanol–water partition coefficient (Wildman–Crippen LogP) is 3.05. The Morgan fingerprint density at radius 2 is 1.71 bits per heavy atom. The lowest BCUT2D eigenvalue weighted by Crippen LogP contribution is -2.40. The Hall–Kier alpha value is -2.38.